The first kappa shape index (κ1) is 12.1. The lowest BCUT2D eigenvalue weighted by Crippen LogP contribution is -2.34. The molecule has 1 unspecified atom stereocenters. The van der Waals surface area contributed by atoms with E-state index in [9.17, 15) is 4.79 Å². The van der Waals surface area contributed by atoms with Gasteiger partial charge in [-0.1, -0.05) is 38.1 Å². The van der Waals surface area contributed by atoms with Crippen molar-refractivity contribution in [2.45, 2.75) is 38.1 Å². The van der Waals surface area contributed by atoms with E-state index in [2.05, 4.69) is 37.4 Å². The maximum Gasteiger partial charge on any atom is 0.317 e. The Hall–Kier alpha value is -1.35. The summed E-state index contributed by atoms with van der Waals surface area (Å²) in [6.07, 6.45) is 2.08. The van der Waals surface area contributed by atoms with E-state index in [1.165, 1.54) is 11.1 Å². The number of carboxylic acid groups (broad SMARTS) is 1. The minimum atomic E-state index is -0.799. The third-order valence-corrected chi connectivity index (χ3v) is 3.62. The summed E-state index contributed by atoms with van der Waals surface area (Å²) in [5.74, 6) is -0.799. The molecule has 0 aromatic heterocycles. The molecule has 17 heavy (non-hydrogen) atoms. The fraction of sp³-hybridized carbons (Fsp3) is 0.500. The van der Waals surface area contributed by atoms with Gasteiger partial charge in [-0.05, 0) is 29.4 Å². The summed E-state index contributed by atoms with van der Waals surface area (Å²) < 4.78 is 0. The Labute approximate surface area is 102 Å². The number of rotatable bonds is 3. The first-order chi connectivity index (χ1) is 8.00. The molecule has 0 heterocycles. The summed E-state index contributed by atoms with van der Waals surface area (Å²) in [5.41, 5.74) is 2.79. The number of hydrogen-bond donors (Lipinski definition) is 2. The number of carbonyl (C=O) groups is 1. The summed E-state index contributed by atoms with van der Waals surface area (Å²) in [5, 5.41) is 11.8. The van der Waals surface area contributed by atoms with Crippen LogP contribution < -0.4 is 5.32 Å². The first-order valence-corrected chi connectivity index (χ1v) is 6.05. The van der Waals surface area contributed by atoms with E-state index in [4.69, 9.17) is 5.11 Å². The molecular weight excluding hydrogens is 214 g/mol. The van der Waals surface area contributed by atoms with Crippen molar-refractivity contribution in [1.82, 2.24) is 5.32 Å². The molecule has 0 radical (unpaired) electrons. The fourth-order valence-corrected chi connectivity index (χ4v) is 2.64. The number of hydrogen-bond acceptors (Lipinski definition) is 2. The van der Waals surface area contributed by atoms with Crippen molar-refractivity contribution < 1.29 is 9.90 Å². The molecule has 3 nitrogen and oxygen atoms in total. The number of aliphatic carboxylic acids is 1. The van der Waals surface area contributed by atoms with Crippen molar-refractivity contribution in [2.24, 2.45) is 0 Å². The summed E-state index contributed by atoms with van der Waals surface area (Å²) in [6, 6.07) is 8.52. The quantitative estimate of drug-likeness (QED) is 0.843. The van der Waals surface area contributed by atoms with Crippen LogP contribution in [0.3, 0.4) is 0 Å². The SMILES string of the molecule is CC1(C)CCC(NCC(=O)O)c2ccccc21. The topological polar surface area (TPSA) is 49.3 Å². The molecule has 0 fully saturated rings. The Morgan fingerprint density at radius 2 is 2.18 bits per heavy atom. The van der Waals surface area contributed by atoms with Crippen molar-refractivity contribution in [1.29, 1.82) is 0 Å². The van der Waals surface area contributed by atoms with Crippen LogP contribution in [-0.2, 0) is 10.2 Å². The average molecular weight is 233 g/mol. The van der Waals surface area contributed by atoms with Gasteiger partial charge in [0.1, 0.15) is 0 Å². The van der Waals surface area contributed by atoms with Crippen molar-refractivity contribution in [3.8, 4) is 0 Å². The molecule has 1 aromatic carbocycles. The number of nitrogens with one attached hydrogen (secondary N) is 1. The van der Waals surface area contributed by atoms with Gasteiger partial charge in [0.25, 0.3) is 0 Å². The first-order valence-electron chi connectivity index (χ1n) is 6.05. The molecule has 3 heteroatoms. The predicted octanol–water partition coefficient (Wildman–Crippen LogP) is 2.47. The molecule has 2 rings (SSSR count). The van der Waals surface area contributed by atoms with Gasteiger partial charge >= 0.3 is 5.97 Å². The van der Waals surface area contributed by atoms with Gasteiger partial charge in [0.15, 0.2) is 0 Å². The van der Waals surface area contributed by atoms with Crippen LogP contribution in [0.5, 0.6) is 0 Å². The Morgan fingerprint density at radius 1 is 1.47 bits per heavy atom. The van der Waals surface area contributed by atoms with Gasteiger partial charge in [-0.15, -0.1) is 0 Å². The standard InChI is InChI=1S/C14H19NO2/c1-14(2)8-7-12(15-9-13(16)17)10-5-3-4-6-11(10)14/h3-6,12,15H,7-9H2,1-2H3,(H,16,17). The van der Waals surface area contributed by atoms with E-state index in [1.54, 1.807) is 0 Å². The Kier molecular flexibility index (Phi) is 3.20. The monoisotopic (exact) mass is 233 g/mol. The number of benzene rings is 1. The smallest absolute Gasteiger partial charge is 0.317 e. The molecule has 1 aliphatic rings. The van der Waals surface area contributed by atoms with Crippen molar-refractivity contribution in [3.63, 3.8) is 0 Å². The van der Waals surface area contributed by atoms with Crippen LogP contribution in [-0.4, -0.2) is 17.6 Å². The second-order valence-electron chi connectivity index (χ2n) is 5.34. The molecule has 0 saturated heterocycles. The van der Waals surface area contributed by atoms with Crippen LogP contribution in [0.15, 0.2) is 24.3 Å². The van der Waals surface area contributed by atoms with Crippen LogP contribution in [0.4, 0.5) is 0 Å². The summed E-state index contributed by atoms with van der Waals surface area (Å²) in [7, 11) is 0. The van der Waals surface area contributed by atoms with Gasteiger partial charge in [0.05, 0.1) is 6.54 Å². The third-order valence-electron chi connectivity index (χ3n) is 3.62. The van der Waals surface area contributed by atoms with Crippen LogP contribution >= 0.6 is 0 Å². The van der Waals surface area contributed by atoms with Crippen LogP contribution in [0.2, 0.25) is 0 Å². The molecule has 0 saturated carbocycles. The minimum Gasteiger partial charge on any atom is -0.480 e. The minimum absolute atomic E-state index is 0.0272. The largest absolute Gasteiger partial charge is 0.480 e. The second-order valence-corrected chi connectivity index (χ2v) is 5.34. The van der Waals surface area contributed by atoms with E-state index in [-0.39, 0.29) is 18.0 Å². The maximum absolute atomic E-state index is 10.6. The fourth-order valence-electron chi connectivity index (χ4n) is 2.64. The third kappa shape index (κ3) is 2.50. The molecule has 92 valence electrons. The van der Waals surface area contributed by atoms with Crippen molar-refractivity contribution in [3.05, 3.63) is 35.4 Å². The van der Waals surface area contributed by atoms with Gasteiger partial charge in [-0.3, -0.25) is 4.79 Å². The normalized spacial score (nSPS) is 21.9. The average Bonchev–Trinajstić information content (AvgIpc) is 2.28. The molecule has 1 aromatic rings. The summed E-state index contributed by atoms with van der Waals surface area (Å²) in [6.45, 7) is 4.53. The summed E-state index contributed by atoms with van der Waals surface area (Å²) in [4.78, 5) is 10.6. The van der Waals surface area contributed by atoms with Gasteiger partial charge in [0, 0.05) is 6.04 Å². The zero-order valence-electron chi connectivity index (χ0n) is 10.4. The number of fused-ring (bicyclic) bond motifs is 1. The highest BCUT2D eigenvalue weighted by molar-refractivity contribution is 5.69. The molecular formula is C14H19NO2. The van der Waals surface area contributed by atoms with Crippen LogP contribution in [0.1, 0.15) is 43.9 Å². The predicted molar refractivity (Wildman–Crippen MR) is 67.1 cm³/mol. The second kappa shape index (κ2) is 4.49. The molecule has 0 aliphatic heterocycles. The highest BCUT2D eigenvalue weighted by atomic mass is 16.4. The number of carboxylic acids is 1. The summed E-state index contributed by atoms with van der Waals surface area (Å²) >= 11 is 0. The lowest BCUT2D eigenvalue weighted by atomic mass is 9.71. The van der Waals surface area contributed by atoms with E-state index < -0.39 is 5.97 Å². The Bertz CT molecular complexity index is 426. The van der Waals surface area contributed by atoms with E-state index in [0.29, 0.717) is 0 Å². The zero-order valence-corrected chi connectivity index (χ0v) is 10.4. The Morgan fingerprint density at radius 3 is 2.88 bits per heavy atom. The van der Waals surface area contributed by atoms with E-state index in [1.807, 2.05) is 6.07 Å². The molecule has 0 amide bonds. The maximum atomic E-state index is 10.6. The zero-order chi connectivity index (χ0) is 12.5. The van der Waals surface area contributed by atoms with Gasteiger partial charge in [-0.2, -0.15) is 0 Å². The van der Waals surface area contributed by atoms with Crippen molar-refractivity contribution in [2.75, 3.05) is 6.54 Å². The highest BCUT2D eigenvalue weighted by Gasteiger charge is 2.31. The lowest BCUT2D eigenvalue weighted by Gasteiger charge is -2.37. The van der Waals surface area contributed by atoms with Crippen molar-refractivity contribution >= 4 is 5.97 Å². The van der Waals surface area contributed by atoms with E-state index in [0.717, 1.165) is 12.8 Å². The molecule has 1 atom stereocenters. The van der Waals surface area contributed by atoms with Gasteiger partial charge in [0.2, 0.25) is 0 Å². The molecule has 0 bridgehead atoms. The van der Waals surface area contributed by atoms with Gasteiger partial charge < -0.3 is 10.4 Å². The van der Waals surface area contributed by atoms with E-state index >= 15 is 0 Å². The van der Waals surface area contributed by atoms with Gasteiger partial charge in [-0.25, -0.2) is 0 Å². The molecule has 1 aliphatic carbocycles. The lowest BCUT2D eigenvalue weighted by molar-refractivity contribution is -0.136. The molecule has 2 N–H and O–H groups in total. The van der Waals surface area contributed by atoms with Crippen LogP contribution in [0.25, 0.3) is 0 Å². The Balaban J connectivity index is 2.25. The highest BCUT2D eigenvalue weighted by Crippen LogP contribution is 2.41. The molecule has 0 spiro atoms. The van der Waals surface area contributed by atoms with Crippen LogP contribution in [0, 0.1) is 0 Å².